The van der Waals surface area contributed by atoms with Gasteiger partial charge in [0, 0.05) is 0 Å². The topological polar surface area (TPSA) is 146 Å². The number of para-hydroxylation sites is 4. The molecule has 0 aromatic heterocycles. The van der Waals surface area contributed by atoms with E-state index in [2.05, 4.69) is 10.6 Å². The lowest BCUT2D eigenvalue weighted by atomic mass is 10.3. The Bertz CT molecular complexity index is 1610. The van der Waals surface area contributed by atoms with Gasteiger partial charge in [-0.25, -0.2) is 4.79 Å². The van der Waals surface area contributed by atoms with E-state index in [1.807, 2.05) is 13.8 Å². The van der Waals surface area contributed by atoms with E-state index in [1.165, 1.54) is 72.8 Å². The molecule has 0 aliphatic heterocycles. The third-order valence-electron chi connectivity index (χ3n) is 5.52. The zero-order valence-electron chi connectivity index (χ0n) is 22.6. The van der Waals surface area contributed by atoms with Crippen molar-refractivity contribution in [2.24, 2.45) is 0 Å². The van der Waals surface area contributed by atoms with Crippen LogP contribution in [0.4, 0.5) is 16.2 Å². The highest BCUT2D eigenvalue weighted by atomic mass is 32.2. The van der Waals surface area contributed by atoms with Gasteiger partial charge in [-0.3, -0.25) is 0 Å². The van der Waals surface area contributed by atoms with Crippen LogP contribution in [-0.4, -0.2) is 36.1 Å². The monoisotopic (exact) mass is 612 g/mol. The van der Waals surface area contributed by atoms with Crippen LogP contribution >= 0.6 is 0 Å². The molecule has 0 unspecified atom stereocenters. The highest BCUT2D eigenvalue weighted by Crippen LogP contribution is 2.30. The molecule has 0 heterocycles. The van der Waals surface area contributed by atoms with Gasteiger partial charge < -0.3 is 28.5 Å². The average Bonchev–Trinajstić information content (AvgIpc) is 2.96. The molecule has 0 spiro atoms. The number of amides is 2. The molecule has 0 bridgehead atoms. The lowest BCUT2D eigenvalue weighted by molar-refractivity contribution is 0.262. The molecule has 220 valence electrons. The molecule has 11 nitrogen and oxygen atoms in total. The number of hydrogen-bond donors (Lipinski definition) is 2. The molecule has 42 heavy (non-hydrogen) atoms. The number of hydrogen-bond acceptors (Lipinski definition) is 9. The van der Waals surface area contributed by atoms with E-state index < -0.39 is 26.3 Å². The van der Waals surface area contributed by atoms with Crippen molar-refractivity contribution in [1.29, 1.82) is 0 Å². The second-order valence-electron chi connectivity index (χ2n) is 8.46. The first-order valence-electron chi connectivity index (χ1n) is 12.7. The number of benzene rings is 4. The lowest BCUT2D eigenvalue weighted by Gasteiger charge is -2.15. The first-order valence-corrected chi connectivity index (χ1v) is 15.5. The van der Waals surface area contributed by atoms with Gasteiger partial charge in [0.25, 0.3) is 0 Å². The molecular weight excluding hydrogens is 584 g/mol. The van der Waals surface area contributed by atoms with E-state index in [9.17, 15) is 21.6 Å². The number of anilines is 2. The number of carbonyl (C=O) groups is 1. The second-order valence-corrected chi connectivity index (χ2v) is 11.5. The van der Waals surface area contributed by atoms with Gasteiger partial charge >= 0.3 is 26.3 Å². The molecule has 0 aliphatic rings. The lowest BCUT2D eigenvalue weighted by Crippen LogP contribution is -2.21. The van der Waals surface area contributed by atoms with Crippen LogP contribution in [0.3, 0.4) is 0 Å². The molecule has 0 aliphatic carbocycles. The highest BCUT2D eigenvalue weighted by molar-refractivity contribution is 7.87. The largest absolute Gasteiger partial charge is 0.494 e. The van der Waals surface area contributed by atoms with Gasteiger partial charge in [0.05, 0.1) is 24.6 Å². The summed E-state index contributed by atoms with van der Waals surface area (Å²) in [5.41, 5.74) is 0.0924. The van der Waals surface area contributed by atoms with E-state index >= 15 is 0 Å². The Labute approximate surface area is 244 Å². The van der Waals surface area contributed by atoms with Crippen molar-refractivity contribution in [2.45, 2.75) is 23.6 Å². The average molecular weight is 613 g/mol. The summed E-state index contributed by atoms with van der Waals surface area (Å²) in [6.07, 6.45) is 0. The summed E-state index contributed by atoms with van der Waals surface area (Å²) in [4.78, 5) is 12.7. The Morgan fingerprint density at radius 1 is 0.571 bits per heavy atom. The van der Waals surface area contributed by atoms with Gasteiger partial charge in [-0.05, 0) is 86.6 Å². The predicted molar refractivity (Wildman–Crippen MR) is 156 cm³/mol. The molecule has 0 saturated carbocycles. The third kappa shape index (κ3) is 7.71. The molecule has 4 aromatic carbocycles. The Morgan fingerprint density at radius 3 is 1.29 bits per heavy atom. The van der Waals surface area contributed by atoms with E-state index in [0.717, 1.165) is 0 Å². The SMILES string of the molecule is CCOc1ccc(S(=O)(=O)Oc2ccccc2NC(=O)Nc2ccccc2OS(=O)(=O)c2ccc(OCC)cc2)cc1. The summed E-state index contributed by atoms with van der Waals surface area (Å²) in [6.45, 7) is 4.48. The Balaban J connectivity index is 1.47. The second kappa shape index (κ2) is 13.3. The number of rotatable bonds is 12. The maximum Gasteiger partial charge on any atom is 0.339 e. The smallest absolute Gasteiger partial charge is 0.339 e. The summed E-state index contributed by atoms with van der Waals surface area (Å²) in [6, 6.07) is 22.5. The van der Waals surface area contributed by atoms with Crippen molar-refractivity contribution in [1.82, 2.24) is 0 Å². The number of nitrogens with one attached hydrogen (secondary N) is 2. The summed E-state index contributed by atoms with van der Waals surface area (Å²) in [5.74, 6) is 0.742. The maximum absolute atomic E-state index is 12.9. The van der Waals surface area contributed by atoms with Crippen LogP contribution in [0.2, 0.25) is 0 Å². The molecular formula is C29H28N2O9S2. The minimum Gasteiger partial charge on any atom is -0.494 e. The van der Waals surface area contributed by atoms with Gasteiger partial charge in [-0.2, -0.15) is 16.8 Å². The van der Waals surface area contributed by atoms with Crippen LogP contribution in [0, 0.1) is 0 Å². The molecule has 0 saturated heterocycles. The predicted octanol–water partition coefficient (Wildman–Crippen LogP) is 5.66. The fourth-order valence-electron chi connectivity index (χ4n) is 3.63. The van der Waals surface area contributed by atoms with E-state index in [4.69, 9.17) is 17.8 Å². The van der Waals surface area contributed by atoms with E-state index in [0.29, 0.717) is 24.7 Å². The maximum atomic E-state index is 12.9. The van der Waals surface area contributed by atoms with Gasteiger partial charge in [0.1, 0.15) is 21.3 Å². The van der Waals surface area contributed by atoms with E-state index in [1.54, 1.807) is 24.3 Å². The van der Waals surface area contributed by atoms with Crippen molar-refractivity contribution in [2.75, 3.05) is 23.8 Å². The summed E-state index contributed by atoms with van der Waals surface area (Å²) < 4.78 is 72.8. The molecule has 13 heteroatoms. The minimum absolute atomic E-state index is 0.0462. The molecule has 4 rings (SSSR count). The quantitative estimate of drug-likeness (QED) is 0.193. The van der Waals surface area contributed by atoms with Crippen LogP contribution in [0.5, 0.6) is 23.0 Å². The first-order chi connectivity index (χ1) is 20.1. The number of ether oxygens (including phenoxy) is 2. The van der Waals surface area contributed by atoms with Gasteiger partial charge in [0.15, 0.2) is 11.5 Å². The van der Waals surface area contributed by atoms with Gasteiger partial charge in [-0.1, -0.05) is 24.3 Å². The highest BCUT2D eigenvalue weighted by Gasteiger charge is 2.21. The van der Waals surface area contributed by atoms with Crippen molar-refractivity contribution in [3.05, 3.63) is 97.1 Å². The van der Waals surface area contributed by atoms with Crippen molar-refractivity contribution >= 4 is 37.6 Å². The molecule has 0 radical (unpaired) electrons. The summed E-state index contributed by atoms with van der Waals surface area (Å²) >= 11 is 0. The van der Waals surface area contributed by atoms with Crippen LogP contribution in [0.1, 0.15) is 13.8 Å². The van der Waals surface area contributed by atoms with Gasteiger partial charge in [-0.15, -0.1) is 0 Å². The van der Waals surface area contributed by atoms with Crippen LogP contribution in [0.25, 0.3) is 0 Å². The van der Waals surface area contributed by atoms with Crippen molar-refractivity contribution in [3.63, 3.8) is 0 Å². The molecule has 2 amide bonds. The minimum atomic E-state index is -4.24. The molecule has 2 N–H and O–H groups in total. The van der Waals surface area contributed by atoms with Crippen molar-refractivity contribution < 1.29 is 39.5 Å². The zero-order valence-corrected chi connectivity index (χ0v) is 24.3. The Morgan fingerprint density at radius 2 is 0.929 bits per heavy atom. The zero-order chi connectivity index (χ0) is 30.2. The summed E-state index contributed by atoms with van der Waals surface area (Å²) in [7, 11) is -8.49. The van der Waals surface area contributed by atoms with Crippen LogP contribution < -0.4 is 28.5 Å². The van der Waals surface area contributed by atoms with E-state index in [-0.39, 0.29) is 32.7 Å². The fourth-order valence-corrected chi connectivity index (χ4v) is 5.53. The molecule has 0 atom stereocenters. The first kappa shape index (κ1) is 30.2. The fraction of sp³-hybridized carbons (Fsp3) is 0.138. The van der Waals surface area contributed by atoms with Crippen LogP contribution in [-0.2, 0) is 20.2 Å². The standard InChI is InChI=1S/C29H28N2O9S2/c1-3-37-21-13-17-23(18-14-21)41(33,34)39-27-11-7-5-9-25(27)30-29(32)31-26-10-6-8-12-28(26)40-42(35,36)24-19-15-22(16-20-24)38-4-2/h5-20H,3-4H2,1-2H3,(H2,30,31,32). The third-order valence-corrected chi connectivity index (χ3v) is 8.01. The van der Waals surface area contributed by atoms with Crippen molar-refractivity contribution in [3.8, 4) is 23.0 Å². The molecule has 0 fully saturated rings. The number of urea groups is 1. The van der Waals surface area contributed by atoms with Crippen LogP contribution in [0.15, 0.2) is 107 Å². The Hall–Kier alpha value is -4.75. The Kier molecular flexibility index (Phi) is 9.55. The normalized spacial score (nSPS) is 11.3. The summed E-state index contributed by atoms with van der Waals surface area (Å²) in [5, 5.41) is 5.04. The van der Waals surface area contributed by atoms with Gasteiger partial charge in [0.2, 0.25) is 0 Å². The number of carbonyl (C=O) groups excluding carboxylic acids is 1. The molecule has 4 aromatic rings.